The van der Waals surface area contributed by atoms with Gasteiger partial charge in [0.15, 0.2) is 0 Å². The zero-order valence-corrected chi connectivity index (χ0v) is 12.1. The molecular weight excluding hydrogens is 277 g/mol. The third-order valence-corrected chi connectivity index (χ3v) is 2.23. The molecule has 4 heteroatoms. The molecule has 2 aromatic heterocycles. The fourth-order valence-electron chi connectivity index (χ4n) is 1.36. The van der Waals surface area contributed by atoms with Crippen molar-refractivity contribution in [1.82, 2.24) is 9.55 Å². The first-order valence-corrected chi connectivity index (χ1v) is 4.69. The van der Waals surface area contributed by atoms with Crippen LogP contribution in [0.3, 0.4) is 0 Å². The topological polar surface area (TPSA) is 34.9 Å². The Morgan fingerprint density at radius 2 is 2.19 bits per heavy atom. The summed E-state index contributed by atoms with van der Waals surface area (Å²) in [5, 5.41) is 0. The molecule has 79 valence electrons. The molecule has 16 heavy (non-hydrogen) atoms. The smallest absolute Gasteiger partial charge is 0.247 e. The van der Waals surface area contributed by atoms with E-state index in [1.807, 2.05) is 13.0 Å². The molecule has 2 aromatic rings. The Morgan fingerprint density at radius 3 is 2.81 bits per heavy atom. The van der Waals surface area contributed by atoms with Crippen LogP contribution >= 0.6 is 0 Å². The molecular formula is C12H11N2OY-. The summed E-state index contributed by atoms with van der Waals surface area (Å²) < 4.78 is 1.54. The molecule has 0 aromatic carbocycles. The van der Waals surface area contributed by atoms with Gasteiger partial charge >= 0.3 is 0 Å². The summed E-state index contributed by atoms with van der Waals surface area (Å²) in [6, 6.07) is 8.38. The van der Waals surface area contributed by atoms with Crippen LogP contribution in [0.4, 0.5) is 0 Å². The van der Waals surface area contributed by atoms with Crippen molar-refractivity contribution in [3.63, 3.8) is 0 Å². The SMILES string of the molecule is Cc1[c-]cc(-c2cccn(C)c2=O)nc1.[Y]. The first-order valence-electron chi connectivity index (χ1n) is 4.69. The van der Waals surface area contributed by atoms with E-state index in [0.29, 0.717) is 11.3 Å². The van der Waals surface area contributed by atoms with Crippen molar-refractivity contribution in [1.29, 1.82) is 0 Å². The van der Waals surface area contributed by atoms with Gasteiger partial charge in [-0.25, -0.2) is 0 Å². The van der Waals surface area contributed by atoms with Gasteiger partial charge in [-0.1, -0.05) is 19.2 Å². The molecule has 0 amide bonds. The maximum absolute atomic E-state index is 11.8. The number of hydrogen-bond donors (Lipinski definition) is 0. The third kappa shape index (κ3) is 2.66. The Morgan fingerprint density at radius 1 is 1.44 bits per heavy atom. The molecule has 0 saturated heterocycles. The van der Waals surface area contributed by atoms with Crippen molar-refractivity contribution in [3.05, 3.63) is 52.6 Å². The maximum Gasteiger partial charge on any atom is 0.247 e. The average Bonchev–Trinajstić information content (AvgIpc) is 2.24. The van der Waals surface area contributed by atoms with Crippen LogP contribution < -0.4 is 5.56 Å². The molecule has 0 bridgehead atoms. The number of aryl methyl sites for hydroxylation is 2. The molecule has 0 saturated carbocycles. The van der Waals surface area contributed by atoms with Crippen LogP contribution in [0.2, 0.25) is 0 Å². The summed E-state index contributed by atoms with van der Waals surface area (Å²) in [5.74, 6) is 0. The van der Waals surface area contributed by atoms with E-state index in [-0.39, 0.29) is 38.3 Å². The van der Waals surface area contributed by atoms with E-state index in [9.17, 15) is 4.79 Å². The summed E-state index contributed by atoms with van der Waals surface area (Å²) in [6.45, 7) is 1.92. The molecule has 0 spiro atoms. The summed E-state index contributed by atoms with van der Waals surface area (Å²) >= 11 is 0. The fourth-order valence-corrected chi connectivity index (χ4v) is 1.36. The van der Waals surface area contributed by atoms with Gasteiger partial charge in [0.05, 0.1) is 0 Å². The van der Waals surface area contributed by atoms with E-state index >= 15 is 0 Å². The quantitative estimate of drug-likeness (QED) is 0.746. The van der Waals surface area contributed by atoms with Crippen LogP contribution in [-0.4, -0.2) is 9.55 Å². The number of rotatable bonds is 1. The minimum Gasteiger partial charge on any atom is -0.382 e. The van der Waals surface area contributed by atoms with E-state index in [1.165, 1.54) is 4.57 Å². The van der Waals surface area contributed by atoms with Crippen LogP contribution in [-0.2, 0) is 39.8 Å². The molecule has 3 nitrogen and oxygen atoms in total. The van der Waals surface area contributed by atoms with Crippen LogP contribution in [0.25, 0.3) is 11.3 Å². The van der Waals surface area contributed by atoms with E-state index < -0.39 is 0 Å². The van der Waals surface area contributed by atoms with Gasteiger partial charge in [-0.05, 0) is 11.8 Å². The first-order chi connectivity index (χ1) is 7.18. The Balaban J connectivity index is 0.00000128. The van der Waals surface area contributed by atoms with Crippen LogP contribution in [0.5, 0.6) is 0 Å². The number of pyridine rings is 2. The second-order valence-corrected chi connectivity index (χ2v) is 3.45. The van der Waals surface area contributed by atoms with E-state index in [4.69, 9.17) is 0 Å². The van der Waals surface area contributed by atoms with Gasteiger partial charge in [0.25, 0.3) is 0 Å². The third-order valence-electron chi connectivity index (χ3n) is 2.23. The first kappa shape index (κ1) is 13.3. The van der Waals surface area contributed by atoms with Crippen molar-refractivity contribution in [2.24, 2.45) is 7.05 Å². The Hall–Kier alpha value is -0.796. The van der Waals surface area contributed by atoms with Crippen molar-refractivity contribution in [3.8, 4) is 11.3 Å². The van der Waals surface area contributed by atoms with Crippen molar-refractivity contribution >= 4 is 0 Å². The predicted octanol–water partition coefficient (Wildman–Crippen LogP) is 1.55. The second kappa shape index (κ2) is 5.51. The van der Waals surface area contributed by atoms with Gasteiger partial charge < -0.3 is 9.55 Å². The second-order valence-electron chi connectivity index (χ2n) is 3.45. The fraction of sp³-hybridized carbons (Fsp3) is 0.167. The Kier molecular flexibility index (Phi) is 4.57. The minimum atomic E-state index is -0.0396. The molecule has 0 aliphatic rings. The monoisotopic (exact) mass is 288 g/mol. The van der Waals surface area contributed by atoms with Gasteiger partial charge in [0.1, 0.15) is 0 Å². The molecule has 2 heterocycles. The van der Waals surface area contributed by atoms with Crippen molar-refractivity contribution < 1.29 is 32.7 Å². The van der Waals surface area contributed by atoms with Gasteiger partial charge in [-0.15, -0.1) is 5.56 Å². The average molecular weight is 288 g/mol. The van der Waals surface area contributed by atoms with Gasteiger partial charge in [-0.2, -0.15) is 12.1 Å². The standard InChI is InChI=1S/C12H11N2O.Y/c1-9-5-6-11(13-8-9)10-4-3-7-14(2)12(10)15;/h3-4,6-8H,1-2H3;/q-1;. The van der Waals surface area contributed by atoms with E-state index in [1.54, 1.807) is 31.6 Å². The summed E-state index contributed by atoms with van der Waals surface area (Å²) in [4.78, 5) is 16.0. The van der Waals surface area contributed by atoms with E-state index in [0.717, 1.165) is 5.56 Å². The zero-order valence-electron chi connectivity index (χ0n) is 9.27. The zero-order chi connectivity index (χ0) is 10.8. The summed E-state index contributed by atoms with van der Waals surface area (Å²) in [6.07, 6.45) is 3.44. The van der Waals surface area contributed by atoms with Crippen LogP contribution in [0.15, 0.2) is 35.4 Å². The molecule has 2 rings (SSSR count). The van der Waals surface area contributed by atoms with Crippen LogP contribution in [0.1, 0.15) is 5.56 Å². The Bertz CT molecular complexity index is 531. The van der Waals surface area contributed by atoms with Crippen molar-refractivity contribution in [2.75, 3.05) is 0 Å². The molecule has 0 aliphatic heterocycles. The largest absolute Gasteiger partial charge is 0.382 e. The number of hydrogen-bond acceptors (Lipinski definition) is 2. The molecule has 0 fully saturated rings. The molecule has 0 aliphatic carbocycles. The van der Waals surface area contributed by atoms with Gasteiger partial charge in [0, 0.05) is 51.5 Å². The normalized spacial score (nSPS) is 9.62. The predicted molar refractivity (Wildman–Crippen MR) is 58.5 cm³/mol. The van der Waals surface area contributed by atoms with Gasteiger partial charge in [0.2, 0.25) is 5.56 Å². The number of nitrogens with zero attached hydrogens (tertiary/aromatic N) is 2. The summed E-state index contributed by atoms with van der Waals surface area (Å²) in [5.41, 5.74) is 2.20. The van der Waals surface area contributed by atoms with Gasteiger partial charge in [-0.3, -0.25) is 4.79 Å². The molecule has 1 radical (unpaired) electrons. The Labute approximate surface area is 119 Å². The maximum atomic E-state index is 11.8. The van der Waals surface area contributed by atoms with Crippen molar-refractivity contribution in [2.45, 2.75) is 6.92 Å². The minimum absolute atomic E-state index is 0. The van der Waals surface area contributed by atoms with E-state index in [2.05, 4.69) is 11.1 Å². The molecule has 0 N–H and O–H groups in total. The molecule has 0 atom stereocenters. The van der Waals surface area contributed by atoms with Crippen LogP contribution in [0, 0.1) is 13.0 Å². The summed E-state index contributed by atoms with van der Waals surface area (Å²) in [7, 11) is 1.73. The number of aromatic nitrogens is 2. The molecule has 0 unspecified atom stereocenters.